The van der Waals surface area contributed by atoms with Crippen molar-refractivity contribution < 1.29 is 19.4 Å². The Morgan fingerprint density at radius 1 is 1.56 bits per heavy atom. The van der Waals surface area contributed by atoms with Gasteiger partial charge in [-0.05, 0) is 12.5 Å². The average molecular weight is 220 g/mol. The highest BCUT2D eigenvalue weighted by atomic mass is 16.5. The minimum absolute atomic E-state index is 0.275. The maximum absolute atomic E-state index is 11.9. The number of carbonyl (C=O) groups excluding carboxylic acids is 1. The van der Waals surface area contributed by atoms with Crippen LogP contribution >= 0.6 is 0 Å². The van der Waals surface area contributed by atoms with E-state index in [1.165, 1.54) is 0 Å². The first-order valence-electron chi connectivity index (χ1n) is 5.15. The molecule has 4 nitrogen and oxygen atoms in total. The van der Waals surface area contributed by atoms with Crippen LogP contribution in [0.25, 0.3) is 0 Å². The van der Waals surface area contributed by atoms with E-state index in [0.29, 0.717) is 0 Å². The highest BCUT2D eigenvalue weighted by Gasteiger charge is 2.36. The van der Waals surface area contributed by atoms with E-state index in [1.807, 2.05) is 13.0 Å². The van der Waals surface area contributed by atoms with Crippen molar-refractivity contribution in [2.75, 3.05) is 0 Å². The molecule has 0 spiro atoms. The molecule has 1 N–H and O–H groups in total. The highest BCUT2D eigenvalue weighted by molar-refractivity contribution is 6.18. The van der Waals surface area contributed by atoms with Gasteiger partial charge in [0.1, 0.15) is 17.9 Å². The van der Waals surface area contributed by atoms with E-state index in [4.69, 9.17) is 9.84 Å². The van der Waals surface area contributed by atoms with Crippen LogP contribution in [0.4, 0.5) is 0 Å². The van der Waals surface area contributed by atoms with Crippen molar-refractivity contribution in [3.05, 3.63) is 35.6 Å². The molecule has 2 atom stereocenters. The van der Waals surface area contributed by atoms with Crippen molar-refractivity contribution in [2.45, 2.75) is 19.4 Å². The lowest BCUT2D eigenvalue weighted by atomic mass is 9.85. The van der Waals surface area contributed by atoms with Crippen LogP contribution in [0, 0.1) is 5.92 Å². The van der Waals surface area contributed by atoms with Gasteiger partial charge in [-0.3, -0.25) is 4.79 Å². The quantitative estimate of drug-likeness (QED) is 0.715. The largest absolute Gasteiger partial charge is 0.492 e. The lowest BCUT2D eigenvalue weighted by Gasteiger charge is -2.28. The zero-order chi connectivity index (χ0) is 11.7. The number of carbonyl (C=O) groups is 2. The smallest absolute Gasteiger partial charge is 0.342 e. The summed E-state index contributed by atoms with van der Waals surface area (Å²) in [6.45, 7) is 1.98. The third-order valence-corrected chi connectivity index (χ3v) is 2.80. The minimum atomic E-state index is -1.23. The second kappa shape index (κ2) is 3.96. The van der Waals surface area contributed by atoms with Gasteiger partial charge in [-0.15, -0.1) is 0 Å². The van der Waals surface area contributed by atoms with Crippen LogP contribution in [0.3, 0.4) is 0 Å². The molecular formula is C12H12O4. The summed E-state index contributed by atoms with van der Waals surface area (Å²) in [5.41, 5.74) is 0.757. The molecule has 0 aromatic rings. The van der Waals surface area contributed by atoms with Crippen LogP contribution in [-0.4, -0.2) is 23.0 Å². The first kappa shape index (κ1) is 10.7. The van der Waals surface area contributed by atoms with E-state index >= 15 is 0 Å². The van der Waals surface area contributed by atoms with Gasteiger partial charge in [0.2, 0.25) is 0 Å². The molecule has 1 aliphatic carbocycles. The van der Waals surface area contributed by atoms with Crippen LogP contribution in [-0.2, 0) is 14.3 Å². The summed E-state index contributed by atoms with van der Waals surface area (Å²) in [5.74, 6) is -2.10. The molecule has 0 bridgehead atoms. The topological polar surface area (TPSA) is 63.6 Å². The van der Waals surface area contributed by atoms with Crippen LogP contribution in [0.5, 0.6) is 0 Å². The first-order chi connectivity index (χ1) is 7.63. The molecule has 0 radical (unpaired) electrons. The van der Waals surface area contributed by atoms with Crippen molar-refractivity contribution in [3.8, 4) is 0 Å². The molecule has 0 saturated heterocycles. The van der Waals surface area contributed by atoms with Crippen molar-refractivity contribution >= 4 is 11.8 Å². The maximum Gasteiger partial charge on any atom is 0.342 e. The molecule has 84 valence electrons. The van der Waals surface area contributed by atoms with Gasteiger partial charge in [0.15, 0.2) is 5.78 Å². The molecule has 0 saturated carbocycles. The van der Waals surface area contributed by atoms with Crippen LogP contribution in [0.15, 0.2) is 35.6 Å². The molecule has 0 fully saturated rings. The molecule has 0 amide bonds. The fourth-order valence-corrected chi connectivity index (χ4v) is 1.85. The number of aliphatic carboxylic acids is 1. The zero-order valence-electron chi connectivity index (χ0n) is 8.84. The average Bonchev–Trinajstić information content (AvgIpc) is 2.28. The normalized spacial score (nSPS) is 27.7. The van der Waals surface area contributed by atoms with Crippen molar-refractivity contribution in [2.24, 2.45) is 5.92 Å². The van der Waals surface area contributed by atoms with E-state index < -0.39 is 11.9 Å². The summed E-state index contributed by atoms with van der Waals surface area (Å²) in [7, 11) is 0. The molecule has 16 heavy (non-hydrogen) atoms. The van der Waals surface area contributed by atoms with Gasteiger partial charge in [-0.1, -0.05) is 24.6 Å². The van der Waals surface area contributed by atoms with Gasteiger partial charge in [0.25, 0.3) is 0 Å². The molecular weight excluding hydrogens is 208 g/mol. The zero-order valence-corrected chi connectivity index (χ0v) is 8.84. The second-order valence-electron chi connectivity index (χ2n) is 3.78. The Labute approximate surface area is 92.9 Å². The highest BCUT2D eigenvalue weighted by Crippen LogP contribution is 2.28. The van der Waals surface area contributed by atoms with Crippen LogP contribution in [0.1, 0.15) is 13.3 Å². The van der Waals surface area contributed by atoms with Crippen LogP contribution < -0.4 is 0 Å². The predicted molar refractivity (Wildman–Crippen MR) is 56.6 cm³/mol. The van der Waals surface area contributed by atoms with Crippen molar-refractivity contribution in [3.63, 3.8) is 0 Å². The van der Waals surface area contributed by atoms with Gasteiger partial charge in [-0.2, -0.15) is 0 Å². The summed E-state index contributed by atoms with van der Waals surface area (Å²) in [6, 6.07) is 0. The SMILES string of the molecule is CCC1=CC2C(=O)C(C(=O)O)=COC2C=C1. The second-order valence-corrected chi connectivity index (χ2v) is 3.78. The molecule has 2 rings (SSSR count). The Morgan fingerprint density at radius 3 is 2.94 bits per heavy atom. The predicted octanol–water partition coefficient (Wildman–Crippen LogP) is 1.45. The Morgan fingerprint density at radius 2 is 2.31 bits per heavy atom. The van der Waals surface area contributed by atoms with E-state index in [0.717, 1.165) is 18.3 Å². The monoisotopic (exact) mass is 220 g/mol. The summed E-state index contributed by atoms with van der Waals surface area (Å²) in [6.07, 6.45) is 7.01. The van der Waals surface area contributed by atoms with Gasteiger partial charge >= 0.3 is 5.97 Å². The van der Waals surface area contributed by atoms with E-state index in [-0.39, 0.29) is 17.5 Å². The summed E-state index contributed by atoms with van der Waals surface area (Å²) in [5, 5.41) is 8.81. The number of carboxylic acids is 1. The number of fused-ring (bicyclic) bond motifs is 1. The number of Topliss-reactive ketones (excluding diaryl/α,β-unsaturated/α-hetero) is 1. The standard InChI is InChI=1S/C12H12O4/c1-2-7-3-4-10-8(5-7)11(13)9(6-16-10)12(14)15/h3-6,8,10H,2H2,1H3,(H,14,15). The molecule has 1 heterocycles. The van der Waals surface area contributed by atoms with Gasteiger partial charge in [-0.25, -0.2) is 4.79 Å². The maximum atomic E-state index is 11.9. The fraction of sp³-hybridized carbons (Fsp3) is 0.333. The summed E-state index contributed by atoms with van der Waals surface area (Å²) < 4.78 is 5.22. The number of ketones is 1. The molecule has 2 unspecified atom stereocenters. The molecule has 4 heteroatoms. The van der Waals surface area contributed by atoms with E-state index in [2.05, 4.69) is 0 Å². The fourth-order valence-electron chi connectivity index (χ4n) is 1.85. The van der Waals surface area contributed by atoms with E-state index in [1.54, 1.807) is 12.2 Å². The third-order valence-electron chi connectivity index (χ3n) is 2.80. The molecule has 2 aliphatic rings. The number of rotatable bonds is 2. The van der Waals surface area contributed by atoms with Gasteiger partial charge in [0.05, 0.1) is 5.92 Å². The van der Waals surface area contributed by atoms with Crippen LogP contribution in [0.2, 0.25) is 0 Å². The number of ether oxygens (including phenoxy) is 1. The number of allylic oxidation sites excluding steroid dienone is 2. The Hall–Kier alpha value is -1.84. The van der Waals surface area contributed by atoms with Gasteiger partial charge < -0.3 is 9.84 Å². The first-order valence-corrected chi connectivity index (χ1v) is 5.15. The number of hydrogen-bond donors (Lipinski definition) is 1. The lowest BCUT2D eigenvalue weighted by molar-refractivity contribution is -0.136. The lowest BCUT2D eigenvalue weighted by Crippen LogP contribution is -2.35. The minimum Gasteiger partial charge on any atom is -0.492 e. The number of carboxylic acid groups (broad SMARTS) is 1. The van der Waals surface area contributed by atoms with Crippen molar-refractivity contribution in [1.82, 2.24) is 0 Å². The Balaban J connectivity index is 2.32. The third kappa shape index (κ3) is 1.66. The van der Waals surface area contributed by atoms with Crippen molar-refractivity contribution in [1.29, 1.82) is 0 Å². The Bertz CT molecular complexity index is 428. The number of hydrogen-bond acceptors (Lipinski definition) is 3. The van der Waals surface area contributed by atoms with E-state index in [9.17, 15) is 9.59 Å². The summed E-state index contributed by atoms with van der Waals surface area (Å²) in [4.78, 5) is 22.6. The molecule has 0 aromatic heterocycles. The summed E-state index contributed by atoms with van der Waals surface area (Å²) >= 11 is 0. The molecule has 0 aromatic carbocycles. The Kier molecular flexibility index (Phi) is 2.64. The molecule has 1 aliphatic heterocycles. The van der Waals surface area contributed by atoms with Gasteiger partial charge in [0, 0.05) is 0 Å².